The number of hydrogen-bond acceptors (Lipinski definition) is 16. The van der Waals surface area contributed by atoms with Crippen LogP contribution >= 0.6 is 0 Å². The van der Waals surface area contributed by atoms with E-state index in [9.17, 15) is 55.5 Å². The van der Waals surface area contributed by atoms with E-state index in [2.05, 4.69) is 10.6 Å². The molecule has 15 atom stereocenters. The molecule has 3 saturated heterocycles. The van der Waals surface area contributed by atoms with Gasteiger partial charge in [-0.1, -0.05) is 0 Å². The molecule has 2 amide bonds. The number of carbonyl (C=O) groups excluding carboxylic acids is 2. The van der Waals surface area contributed by atoms with Crippen LogP contribution in [0.1, 0.15) is 13.8 Å². The third kappa shape index (κ3) is 7.05. The van der Waals surface area contributed by atoms with Crippen LogP contribution in [-0.4, -0.2) is 170 Å². The standard InChI is InChI=1S/C22H38N2O16/c1-6(28)23-11-14(32)12(30)8(3-25)37-21(11)40-19-13(31)9(4-26)38-22(17(19)35)39-18-10(5-27)36-20(24-7(2)29)16(34)15(18)33/h8-22,25-27,30-35H,3-5H2,1-2H3,(H,23,28)(H,24,29)/t8-,9-,10-,11-,12+,13+,14-,15-,16-,17-,18-,19+,20+,21-,22+/m1/s1. The Balaban J connectivity index is 1.83. The fourth-order valence-electron chi connectivity index (χ4n) is 4.80. The Morgan fingerprint density at radius 1 is 0.600 bits per heavy atom. The minimum atomic E-state index is -1.92. The number of ether oxygens (including phenoxy) is 5. The van der Waals surface area contributed by atoms with Crippen LogP contribution in [0.3, 0.4) is 0 Å². The van der Waals surface area contributed by atoms with Gasteiger partial charge in [0.15, 0.2) is 18.8 Å². The second-order valence-electron chi connectivity index (χ2n) is 9.80. The van der Waals surface area contributed by atoms with Crippen LogP contribution < -0.4 is 10.6 Å². The van der Waals surface area contributed by atoms with Crippen LogP contribution in [0.5, 0.6) is 0 Å². The Morgan fingerprint density at radius 2 is 1.12 bits per heavy atom. The summed E-state index contributed by atoms with van der Waals surface area (Å²) >= 11 is 0. The molecule has 0 radical (unpaired) electrons. The number of amides is 2. The van der Waals surface area contributed by atoms with Crippen molar-refractivity contribution in [3.63, 3.8) is 0 Å². The summed E-state index contributed by atoms with van der Waals surface area (Å²) in [4.78, 5) is 23.1. The molecule has 0 aromatic carbocycles. The van der Waals surface area contributed by atoms with Crippen LogP contribution in [-0.2, 0) is 33.3 Å². The minimum absolute atomic E-state index is 0.596. The molecule has 3 aliphatic heterocycles. The average molecular weight is 587 g/mol. The fourth-order valence-corrected chi connectivity index (χ4v) is 4.80. The lowest BCUT2D eigenvalue weighted by Gasteiger charge is -2.48. The van der Waals surface area contributed by atoms with Crippen molar-refractivity contribution in [1.29, 1.82) is 0 Å². The van der Waals surface area contributed by atoms with Crippen molar-refractivity contribution in [3.8, 4) is 0 Å². The molecule has 18 heteroatoms. The molecule has 3 aliphatic rings. The molecule has 232 valence electrons. The normalized spacial score (nSPS) is 46.0. The molecule has 18 nitrogen and oxygen atoms in total. The third-order valence-electron chi connectivity index (χ3n) is 6.87. The van der Waals surface area contributed by atoms with Gasteiger partial charge in [-0.2, -0.15) is 0 Å². The SMILES string of the molecule is CC(=O)N[C@H]1[C@@H](O[C@H]2[C@@H](O)[C@@H](CO)O[C@@H](O[C@H]3[C@H](O)[C@@H](O)[C@@H](NC(C)=O)O[C@@H]3CO)[C@@H]2O)O[C@H](CO)[C@H](O)[C@@H]1O. The highest BCUT2D eigenvalue weighted by atomic mass is 16.7. The first-order valence-corrected chi connectivity index (χ1v) is 12.6. The zero-order valence-electron chi connectivity index (χ0n) is 21.7. The minimum Gasteiger partial charge on any atom is -0.394 e. The topological polar surface area (TPSA) is 286 Å². The maximum absolute atomic E-state index is 11.7. The number of carbonyl (C=O) groups is 2. The molecule has 3 rings (SSSR count). The summed E-state index contributed by atoms with van der Waals surface area (Å²) in [5.74, 6) is -1.25. The summed E-state index contributed by atoms with van der Waals surface area (Å²) in [6.07, 6.45) is -22.9. The Bertz CT molecular complexity index is 852. The smallest absolute Gasteiger partial charge is 0.218 e. The zero-order chi connectivity index (χ0) is 29.9. The van der Waals surface area contributed by atoms with Gasteiger partial charge in [0.1, 0.15) is 73.2 Å². The summed E-state index contributed by atoms with van der Waals surface area (Å²) in [6.45, 7) is -0.108. The van der Waals surface area contributed by atoms with Gasteiger partial charge in [-0.3, -0.25) is 9.59 Å². The molecule has 0 saturated carbocycles. The average Bonchev–Trinajstić information content (AvgIpc) is 2.90. The molecule has 0 aromatic rings. The van der Waals surface area contributed by atoms with Crippen LogP contribution in [0.2, 0.25) is 0 Å². The van der Waals surface area contributed by atoms with Crippen molar-refractivity contribution >= 4 is 11.8 Å². The lowest BCUT2D eigenvalue weighted by Crippen LogP contribution is -2.69. The lowest BCUT2D eigenvalue weighted by atomic mass is 9.95. The first kappa shape index (κ1) is 32.9. The molecule has 0 unspecified atom stereocenters. The monoisotopic (exact) mass is 586 g/mol. The van der Waals surface area contributed by atoms with E-state index in [1.807, 2.05) is 0 Å². The Hall–Kier alpha value is -1.62. The first-order chi connectivity index (χ1) is 18.8. The second-order valence-corrected chi connectivity index (χ2v) is 9.80. The number of rotatable bonds is 9. The molecular formula is C22H38N2O16. The summed E-state index contributed by atoms with van der Waals surface area (Å²) in [6, 6.07) is -1.43. The van der Waals surface area contributed by atoms with Crippen molar-refractivity contribution in [2.24, 2.45) is 0 Å². The summed E-state index contributed by atoms with van der Waals surface area (Å²) in [5.41, 5.74) is 0. The quantitative estimate of drug-likeness (QED) is 0.120. The Kier molecular flexibility index (Phi) is 11.5. The van der Waals surface area contributed by atoms with Gasteiger partial charge in [-0.05, 0) is 0 Å². The van der Waals surface area contributed by atoms with Gasteiger partial charge in [0.05, 0.1) is 19.8 Å². The van der Waals surface area contributed by atoms with E-state index >= 15 is 0 Å². The molecule has 0 spiro atoms. The second kappa shape index (κ2) is 14.0. The number of aliphatic hydroxyl groups is 9. The predicted octanol–water partition coefficient (Wildman–Crippen LogP) is -7.29. The van der Waals surface area contributed by atoms with E-state index < -0.39 is 124 Å². The molecule has 0 bridgehead atoms. The maximum atomic E-state index is 11.7. The highest BCUT2D eigenvalue weighted by Crippen LogP contribution is 2.32. The van der Waals surface area contributed by atoms with Gasteiger partial charge in [-0.25, -0.2) is 0 Å². The van der Waals surface area contributed by atoms with Gasteiger partial charge in [-0.15, -0.1) is 0 Å². The van der Waals surface area contributed by atoms with Crippen molar-refractivity contribution in [3.05, 3.63) is 0 Å². The van der Waals surface area contributed by atoms with E-state index in [-0.39, 0.29) is 0 Å². The van der Waals surface area contributed by atoms with Gasteiger partial charge < -0.3 is 80.3 Å². The van der Waals surface area contributed by atoms with Crippen LogP contribution in [0.25, 0.3) is 0 Å². The van der Waals surface area contributed by atoms with Crippen LogP contribution in [0, 0.1) is 0 Å². The van der Waals surface area contributed by atoms with E-state index in [0.717, 1.165) is 13.8 Å². The highest BCUT2D eigenvalue weighted by Gasteiger charge is 2.54. The molecule has 3 fully saturated rings. The summed E-state index contributed by atoms with van der Waals surface area (Å²) in [7, 11) is 0. The molecular weight excluding hydrogens is 548 g/mol. The van der Waals surface area contributed by atoms with Crippen LogP contribution in [0.15, 0.2) is 0 Å². The van der Waals surface area contributed by atoms with E-state index in [1.165, 1.54) is 0 Å². The van der Waals surface area contributed by atoms with E-state index in [1.54, 1.807) is 0 Å². The predicted molar refractivity (Wildman–Crippen MR) is 124 cm³/mol. The van der Waals surface area contributed by atoms with Crippen molar-refractivity contribution < 1.29 is 79.2 Å². The number of aliphatic hydroxyl groups excluding tert-OH is 9. The van der Waals surface area contributed by atoms with Gasteiger partial charge in [0.2, 0.25) is 11.8 Å². The van der Waals surface area contributed by atoms with Gasteiger partial charge in [0.25, 0.3) is 0 Å². The van der Waals surface area contributed by atoms with Crippen molar-refractivity contribution in [1.82, 2.24) is 10.6 Å². The van der Waals surface area contributed by atoms with E-state index in [0.29, 0.717) is 0 Å². The number of hydrogen-bond donors (Lipinski definition) is 11. The lowest BCUT2D eigenvalue weighted by molar-refractivity contribution is -0.366. The van der Waals surface area contributed by atoms with Crippen LogP contribution in [0.4, 0.5) is 0 Å². The molecule has 11 N–H and O–H groups in total. The highest BCUT2D eigenvalue weighted by molar-refractivity contribution is 5.73. The molecule has 0 aromatic heterocycles. The Morgan fingerprint density at radius 3 is 1.68 bits per heavy atom. The zero-order valence-corrected chi connectivity index (χ0v) is 21.7. The first-order valence-electron chi connectivity index (χ1n) is 12.6. The summed E-state index contributed by atoms with van der Waals surface area (Å²) in [5, 5.41) is 97.2. The number of nitrogens with one attached hydrogen (secondary N) is 2. The third-order valence-corrected chi connectivity index (χ3v) is 6.87. The molecule has 3 heterocycles. The Labute approximate surface area is 228 Å². The fraction of sp³-hybridized carbons (Fsp3) is 0.909. The van der Waals surface area contributed by atoms with Gasteiger partial charge in [0, 0.05) is 13.8 Å². The van der Waals surface area contributed by atoms with Crippen molar-refractivity contribution in [2.75, 3.05) is 19.8 Å². The largest absolute Gasteiger partial charge is 0.394 e. The molecule has 40 heavy (non-hydrogen) atoms. The van der Waals surface area contributed by atoms with Gasteiger partial charge >= 0.3 is 0 Å². The molecule has 0 aliphatic carbocycles. The summed E-state index contributed by atoms with van der Waals surface area (Å²) < 4.78 is 27.7. The maximum Gasteiger partial charge on any atom is 0.218 e. The van der Waals surface area contributed by atoms with Crippen molar-refractivity contribution in [2.45, 2.75) is 106 Å². The van der Waals surface area contributed by atoms with E-state index in [4.69, 9.17) is 23.7 Å².